The van der Waals surface area contributed by atoms with Gasteiger partial charge in [-0.1, -0.05) is 118 Å². The fraction of sp³-hybridized carbons (Fsp3) is 0.321. The number of ketones is 1. The van der Waals surface area contributed by atoms with Crippen molar-refractivity contribution in [2.24, 2.45) is 0 Å². The third kappa shape index (κ3) is 3.73. The predicted octanol–water partition coefficient (Wildman–Crippen LogP) is 6.90. The lowest BCUT2D eigenvalue weighted by molar-refractivity contribution is 0.00818. The average Bonchev–Trinajstić information content (AvgIpc) is 2.81. The first-order valence-electron chi connectivity index (χ1n) is 11.2. The fourth-order valence-corrected chi connectivity index (χ4v) is 4.60. The molecule has 0 aliphatic heterocycles. The van der Waals surface area contributed by atoms with Gasteiger partial charge < -0.3 is 4.74 Å². The summed E-state index contributed by atoms with van der Waals surface area (Å²) in [5.74, 6) is 0.0796. The van der Waals surface area contributed by atoms with Crippen LogP contribution < -0.4 is 0 Å². The van der Waals surface area contributed by atoms with Crippen molar-refractivity contribution in [1.29, 1.82) is 0 Å². The molecule has 0 bridgehead atoms. The highest BCUT2D eigenvalue weighted by atomic mass is 16.5. The first-order valence-corrected chi connectivity index (χ1v) is 11.2. The molecule has 1 aliphatic rings. The highest BCUT2D eigenvalue weighted by Crippen LogP contribution is 2.47. The SMILES string of the molecule is CCCCCCCCOC1(c2ccccc2)c2ccccc2C(=O)c2ccccc21. The minimum absolute atomic E-state index is 0.0796. The van der Waals surface area contributed by atoms with Crippen LogP contribution in [0.4, 0.5) is 0 Å². The van der Waals surface area contributed by atoms with Crippen LogP contribution in [0, 0.1) is 0 Å². The van der Waals surface area contributed by atoms with Crippen molar-refractivity contribution in [2.45, 2.75) is 51.0 Å². The van der Waals surface area contributed by atoms with E-state index in [0.717, 1.165) is 34.2 Å². The maximum atomic E-state index is 13.2. The van der Waals surface area contributed by atoms with Crippen LogP contribution in [0.5, 0.6) is 0 Å². The molecule has 0 radical (unpaired) electrons. The zero-order valence-corrected chi connectivity index (χ0v) is 17.8. The molecule has 0 fully saturated rings. The topological polar surface area (TPSA) is 26.3 Å². The summed E-state index contributed by atoms with van der Waals surface area (Å²) in [7, 11) is 0. The Balaban J connectivity index is 1.75. The molecule has 0 atom stereocenters. The normalized spacial score (nSPS) is 14.2. The van der Waals surface area contributed by atoms with Gasteiger partial charge in [-0.2, -0.15) is 0 Å². The van der Waals surface area contributed by atoms with Gasteiger partial charge in [-0.3, -0.25) is 4.79 Å². The highest BCUT2D eigenvalue weighted by molar-refractivity contribution is 6.13. The monoisotopic (exact) mass is 398 g/mol. The number of hydrogen-bond donors (Lipinski definition) is 0. The zero-order chi connectivity index (χ0) is 20.8. The Labute approximate surface area is 179 Å². The van der Waals surface area contributed by atoms with Crippen LogP contribution in [-0.2, 0) is 10.3 Å². The van der Waals surface area contributed by atoms with Crippen molar-refractivity contribution in [3.8, 4) is 0 Å². The molecular formula is C28H30O2. The van der Waals surface area contributed by atoms with Crippen LogP contribution >= 0.6 is 0 Å². The van der Waals surface area contributed by atoms with Crippen LogP contribution in [0.15, 0.2) is 78.9 Å². The predicted molar refractivity (Wildman–Crippen MR) is 122 cm³/mol. The van der Waals surface area contributed by atoms with Gasteiger partial charge >= 0.3 is 0 Å². The van der Waals surface area contributed by atoms with E-state index >= 15 is 0 Å². The molecule has 0 unspecified atom stereocenters. The number of carbonyl (C=O) groups is 1. The lowest BCUT2D eigenvalue weighted by atomic mass is 9.70. The second-order valence-corrected chi connectivity index (χ2v) is 8.08. The van der Waals surface area contributed by atoms with Crippen LogP contribution in [-0.4, -0.2) is 12.4 Å². The Morgan fingerprint density at radius 1 is 0.667 bits per heavy atom. The molecule has 2 nitrogen and oxygen atoms in total. The minimum atomic E-state index is -0.758. The van der Waals surface area contributed by atoms with E-state index in [0.29, 0.717) is 6.61 Å². The average molecular weight is 399 g/mol. The molecule has 1 aliphatic carbocycles. The molecule has 4 rings (SSSR count). The fourth-order valence-electron chi connectivity index (χ4n) is 4.60. The summed E-state index contributed by atoms with van der Waals surface area (Å²) in [4.78, 5) is 13.2. The number of rotatable bonds is 9. The van der Waals surface area contributed by atoms with Gasteiger partial charge in [0.15, 0.2) is 5.78 Å². The summed E-state index contributed by atoms with van der Waals surface area (Å²) >= 11 is 0. The summed E-state index contributed by atoms with van der Waals surface area (Å²) in [6.07, 6.45) is 7.30. The molecule has 3 aromatic carbocycles. The maximum absolute atomic E-state index is 13.2. The van der Waals surface area contributed by atoms with Crippen LogP contribution in [0.2, 0.25) is 0 Å². The summed E-state index contributed by atoms with van der Waals surface area (Å²) in [5, 5.41) is 0. The smallest absolute Gasteiger partial charge is 0.193 e. The number of carbonyl (C=O) groups excluding carboxylic acids is 1. The molecule has 0 heterocycles. The standard InChI is InChI=1S/C28H30O2/c1-2-3-4-5-6-14-21-30-28(22-15-8-7-9-16-22)25-19-12-10-17-23(25)27(29)24-18-11-13-20-26(24)28/h7-13,15-20H,2-6,14,21H2,1H3. The molecule has 30 heavy (non-hydrogen) atoms. The van der Waals surface area contributed by atoms with Gasteiger partial charge in [0.1, 0.15) is 5.60 Å². The largest absolute Gasteiger partial charge is 0.361 e. The quantitative estimate of drug-likeness (QED) is 0.366. The Kier molecular flexibility index (Phi) is 6.44. The molecule has 0 amide bonds. The van der Waals surface area contributed by atoms with Gasteiger partial charge in [-0.05, 0) is 12.0 Å². The molecule has 0 N–H and O–H groups in total. The second-order valence-electron chi connectivity index (χ2n) is 8.08. The Hall–Kier alpha value is -2.71. The summed E-state index contributed by atoms with van der Waals surface area (Å²) < 4.78 is 6.81. The zero-order valence-electron chi connectivity index (χ0n) is 17.8. The van der Waals surface area contributed by atoms with E-state index in [1.165, 1.54) is 32.1 Å². The Morgan fingerprint density at radius 3 is 1.83 bits per heavy atom. The highest BCUT2D eigenvalue weighted by Gasteiger charge is 2.45. The Morgan fingerprint density at radius 2 is 1.20 bits per heavy atom. The lowest BCUT2D eigenvalue weighted by Crippen LogP contribution is -2.39. The van der Waals surface area contributed by atoms with E-state index in [2.05, 4.69) is 31.2 Å². The van der Waals surface area contributed by atoms with Crippen molar-refractivity contribution in [3.05, 3.63) is 107 Å². The van der Waals surface area contributed by atoms with Gasteiger partial charge in [-0.15, -0.1) is 0 Å². The van der Waals surface area contributed by atoms with Gasteiger partial charge in [0, 0.05) is 28.9 Å². The van der Waals surface area contributed by atoms with E-state index in [4.69, 9.17) is 4.74 Å². The second kappa shape index (κ2) is 9.40. The molecular weight excluding hydrogens is 368 g/mol. The van der Waals surface area contributed by atoms with Crippen molar-refractivity contribution in [2.75, 3.05) is 6.61 Å². The first-order chi connectivity index (χ1) is 14.8. The van der Waals surface area contributed by atoms with Gasteiger partial charge in [0.2, 0.25) is 0 Å². The molecule has 0 saturated carbocycles. The molecule has 0 spiro atoms. The number of benzene rings is 3. The lowest BCUT2D eigenvalue weighted by Gasteiger charge is -2.40. The molecule has 0 aromatic heterocycles. The maximum Gasteiger partial charge on any atom is 0.193 e. The van der Waals surface area contributed by atoms with Gasteiger partial charge in [-0.25, -0.2) is 0 Å². The van der Waals surface area contributed by atoms with Crippen molar-refractivity contribution < 1.29 is 9.53 Å². The molecule has 0 saturated heterocycles. The number of fused-ring (bicyclic) bond motifs is 2. The van der Waals surface area contributed by atoms with Crippen LogP contribution in [0.25, 0.3) is 0 Å². The van der Waals surface area contributed by atoms with Crippen molar-refractivity contribution >= 4 is 5.78 Å². The van der Waals surface area contributed by atoms with Crippen molar-refractivity contribution in [1.82, 2.24) is 0 Å². The minimum Gasteiger partial charge on any atom is -0.361 e. The summed E-state index contributed by atoms with van der Waals surface area (Å²) in [5.41, 5.74) is 3.69. The van der Waals surface area contributed by atoms with Crippen LogP contribution in [0.3, 0.4) is 0 Å². The molecule has 3 aromatic rings. The first kappa shape index (κ1) is 20.6. The number of unbranched alkanes of at least 4 members (excludes halogenated alkanes) is 5. The van der Waals surface area contributed by atoms with Gasteiger partial charge in [0.05, 0.1) is 0 Å². The van der Waals surface area contributed by atoms with Crippen LogP contribution in [0.1, 0.15) is 78.1 Å². The molecule has 154 valence electrons. The summed E-state index contributed by atoms with van der Waals surface area (Å²) in [6.45, 7) is 2.91. The Bertz CT molecular complexity index is 941. The van der Waals surface area contributed by atoms with E-state index in [1.54, 1.807) is 0 Å². The third-order valence-corrected chi connectivity index (χ3v) is 6.10. The number of ether oxygens (including phenoxy) is 1. The molecule has 2 heteroatoms. The van der Waals surface area contributed by atoms with Gasteiger partial charge in [0.25, 0.3) is 0 Å². The number of hydrogen-bond acceptors (Lipinski definition) is 2. The van der Waals surface area contributed by atoms with Crippen molar-refractivity contribution in [3.63, 3.8) is 0 Å². The summed E-state index contributed by atoms with van der Waals surface area (Å²) in [6, 6.07) is 26.2. The third-order valence-electron chi connectivity index (χ3n) is 6.10. The van der Waals surface area contributed by atoms with E-state index in [9.17, 15) is 4.79 Å². The van der Waals surface area contributed by atoms with E-state index in [1.807, 2.05) is 54.6 Å². The van der Waals surface area contributed by atoms with E-state index < -0.39 is 5.60 Å². The van der Waals surface area contributed by atoms with E-state index in [-0.39, 0.29) is 5.78 Å².